The summed E-state index contributed by atoms with van der Waals surface area (Å²) in [6.45, 7) is -0.0304. The SMILES string of the molecule is N#Cc1ccc(COc2cc(Br)cc(F)c2F)c(Cl)c1. The Labute approximate surface area is 127 Å². The summed E-state index contributed by atoms with van der Waals surface area (Å²) in [6.07, 6.45) is 0. The summed E-state index contributed by atoms with van der Waals surface area (Å²) in [5.41, 5.74) is 0.990. The maximum atomic E-state index is 13.5. The minimum Gasteiger partial charge on any atom is -0.486 e. The van der Waals surface area contributed by atoms with E-state index in [9.17, 15) is 8.78 Å². The third-order valence-electron chi connectivity index (χ3n) is 2.52. The zero-order valence-electron chi connectivity index (χ0n) is 9.96. The zero-order valence-corrected chi connectivity index (χ0v) is 12.3. The highest BCUT2D eigenvalue weighted by atomic mass is 79.9. The molecule has 102 valence electrons. The lowest BCUT2D eigenvalue weighted by molar-refractivity contribution is 0.284. The van der Waals surface area contributed by atoms with Crippen molar-refractivity contribution in [2.45, 2.75) is 6.61 Å². The number of hydrogen-bond donors (Lipinski definition) is 0. The number of ether oxygens (including phenoxy) is 1. The summed E-state index contributed by atoms with van der Waals surface area (Å²) in [4.78, 5) is 0. The molecule has 0 amide bonds. The Kier molecular flexibility index (Phi) is 4.58. The fourth-order valence-corrected chi connectivity index (χ4v) is 2.17. The number of benzene rings is 2. The summed E-state index contributed by atoms with van der Waals surface area (Å²) in [7, 11) is 0. The molecule has 0 atom stereocenters. The molecule has 2 aromatic rings. The van der Waals surface area contributed by atoms with Gasteiger partial charge >= 0.3 is 0 Å². The van der Waals surface area contributed by atoms with Gasteiger partial charge in [-0.05, 0) is 24.3 Å². The highest BCUT2D eigenvalue weighted by molar-refractivity contribution is 9.10. The van der Waals surface area contributed by atoms with Crippen LogP contribution in [0.3, 0.4) is 0 Å². The topological polar surface area (TPSA) is 33.0 Å². The minimum absolute atomic E-state index is 0.0304. The molecule has 0 aromatic heterocycles. The van der Waals surface area contributed by atoms with Gasteiger partial charge in [0.15, 0.2) is 11.6 Å². The fourth-order valence-electron chi connectivity index (χ4n) is 1.53. The van der Waals surface area contributed by atoms with Crippen LogP contribution in [0.1, 0.15) is 11.1 Å². The number of halogens is 4. The van der Waals surface area contributed by atoms with Crippen LogP contribution in [0.2, 0.25) is 5.02 Å². The van der Waals surface area contributed by atoms with Crippen molar-refractivity contribution in [1.82, 2.24) is 0 Å². The van der Waals surface area contributed by atoms with Crippen molar-refractivity contribution in [3.05, 3.63) is 62.6 Å². The molecule has 0 heterocycles. The van der Waals surface area contributed by atoms with Gasteiger partial charge in [0.25, 0.3) is 0 Å². The molecule has 0 aliphatic carbocycles. The smallest absolute Gasteiger partial charge is 0.200 e. The van der Waals surface area contributed by atoms with Gasteiger partial charge in [-0.25, -0.2) is 4.39 Å². The predicted molar refractivity (Wildman–Crippen MR) is 74.6 cm³/mol. The summed E-state index contributed by atoms with van der Waals surface area (Å²) >= 11 is 9.03. The van der Waals surface area contributed by atoms with Crippen molar-refractivity contribution < 1.29 is 13.5 Å². The average molecular weight is 359 g/mol. The van der Waals surface area contributed by atoms with E-state index in [2.05, 4.69) is 15.9 Å². The first-order valence-corrected chi connectivity index (χ1v) is 6.64. The van der Waals surface area contributed by atoms with Crippen LogP contribution in [0.4, 0.5) is 8.78 Å². The van der Waals surface area contributed by atoms with E-state index in [0.29, 0.717) is 20.6 Å². The lowest BCUT2D eigenvalue weighted by atomic mass is 10.1. The van der Waals surface area contributed by atoms with Crippen LogP contribution >= 0.6 is 27.5 Å². The Bertz CT molecular complexity index is 700. The normalized spacial score (nSPS) is 10.2. The van der Waals surface area contributed by atoms with Crippen LogP contribution in [-0.4, -0.2) is 0 Å². The molecule has 0 aliphatic heterocycles. The van der Waals surface area contributed by atoms with E-state index in [4.69, 9.17) is 21.6 Å². The second kappa shape index (κ2) is 6.21. The van der Waals surface area contributed by atoms with Gasteiger partial charge in [-0.1, -0.05) is 33.6 Å². The van der Waals surface area contributed by atoms with E-state index in [0.717, 1.165) is 6.07 Å². The van der Waals surface area contributed by atoms with Crippen LogP contribution in [0.25, 0.3) is 0 Å². The third kappa shape index (κ3) is 3.27. The molecule has 0 spiro atoms. The van der Waals surface area contributed by atoms with Gasteiger partial charge in [0.1, 0.15) is 6.61 Å². The molecular weight excluding hydrogens is 352 g/mol. The standard InChI is InChI=1S/C14H7BrClF2NO/c15-10-4-12(17)14(18)13(5-10)20-7-9-2-1-8(6-19)3-11(9)16/h1-5H,7H2. The maximum Gasteiger partial charge on any atom is 0.200 e. The largest absolute Gasteiger partial charge is 0.486 e. The first-order chi connectivity index (χ1) is 9.51. The Morgan fingerprint density at radius 1 is 1.25 bits per heavy atom. The summed E-state index contributed by atoms with van der Waals surface area (Å²) < 4.78 is 32.3. The van der Waals surface area contributed by atoms with Gasteiger partial charge in [-0.15, -0.1) is 0 Å². The van der Waals surface area contributed by atoms with Crippen molar-refractivity contribution >= 4 is 27.5 Å². The van der Waals surface area contributed by atoms with E-state index in [1.807, 2.05) is 6.07 Å². The van der Waals surface area contributed by atoms with Crippen molar-refractivity contribution in [2.24, 2.45) is 0 Å². The molecule has 2 rings (SSSR count). The van der Waals surface area contributed by atoms with Gasteiger partial charge in [0.2, 0.25) is 5.82 Å². The monoisotopic (exact) mass is 357 g/mol. The third-order valence-corrected chi connectivity index (χ3v) is 3.33. The lowest BCUT2D eigenvalue weighted by Crippen LogP contribution is -2.00. The zero-order chi connectivity index (χ0) is 14.7. The van der Waals surface area contributed by atoms with Gasteiger partial charge in [-0.2, -0.15) is 9.65 Å². The van der Waals surface area contributed by atoms with E-state index >= 15 is 0 Å². The average Bonchev–Trinajstić information content (AvgIpc) is 2.42. The van der Waals surface area contributed by atoms with Gasteiger partial charge < -0.3 is 4.74 Å². The highest BCUT2D eigenvalue weighted by Gasteiger charge is 2.12. The quantitative estimate of drug-likeness (QED) is 0.736. The summed E-state index contributed by atoms with van der Waals surface area (Å²) in [5, 5.41) is 9.06. The second-order valence-electron chi connectivity index (χ2n) is 3.91. The van der Waals surface area contributed by atoms with Crippen molar-refractivity contribution in [2.75, 3.05) is 0 Å². The first-order valence-electron chi connectivity index (χ1n) is 5.47. The summed E-state index contributed by atoms with van der Waals surface area (Å²) in [5.74, 6) is -2.27. The predicted octanol–water partition coefficient (Wildman–Crippen LogP) is 4.83. The highest BCUT2D eigenvalue weighted by Crippen LogP contribution is 2.27. The molecule has 2 nitrogen and oxygen atoms in total. The Balaban J connectivity index is 2.19. The number of nitrogens with zero attached hydrogens (tertiary/aromatic N) is 1. The van der Waals surface area contributed by atoms with E-state index < -0.39 is 11.6 Å². The van der Waals surface area contributed by atoms with Crippen molar-refractivity contribution in [3.63, 3.8) is 0 Å². The number of hydrogen-bond acceptors (Lipinski definition) is 2. The van der Waals surface area contributed by atoms with Crippen LogP contribution < -0.4 is 4.74 Å². The van der Waals surface area contributed by atoms with E-state index in [1.54, 1.807) is 12.1 Å². The molecule has 0 N–H and O–H groups in total. The molecule has 0 saturated carbocycles. The first kappa shape index (κ1) is 14.8. The lowest BCUT2D eigenvalue weighted by Gasteiger charge is -2.09. The van der Waals surface area contributed by atoms with Crippen LogP contribution in [0, 0.1) is 23.0 Å². The molecule has 0 radical (unpaired) electrons. The van der Waals surface area contributed by atoms with Crippen molar-refractivity contribution in [3.8, 4) is 11.8 Å². The summed E-state index contributed by atoms with van der Waals surface area (Å²) in [6, 6.07) is 8.95. The van der Waals surface area contributed by atoms with Gasteiger partial charge in [0.05, 0.1) is 11.6 Å². The molecule has 0 fully saturated rings. The second-order valence-corrected chi connectivity index (χ2v) is 5.23. The maximum absolute atomic E-state index is 13.5. The van der Waals surface area contributed by atoms with Crippen molar-refractivity contribution in [1.29, 1.82) is 5.26 Å². The Morgan fingerprint density at radius 2 is 2.00 bits per heavy atom. The molecule has 2 aromatic carbocycles. The molecular formula is C14H7BrClF2NO. The van der Waals surface area contributed by atoms with Gasteiger partial charge in [-0.3, -0.25) is 0 Å². The van der Waals surface area contributed by atoms with E-state index in [-0.39, 0.29) is 12.4 Å². The van der Waals surface area contributed by atoms with Crippen LogP contribution in [0.15, 0.2) is 34.8 Å². The Morgan fingerprint density at radius 3 is 2.65 bits per heavy atom. The molecule has 0 unspecified atom stereocenters. The fraction of sp³-hybridized carbons (Fsp3) is 0.0714. The number of nitriles is 1. The van der Waals surface area contributed by atoms with Crippen LogP contribution in [0.5, 0.6) is 5.75 Å². The minimum atomic E-state index is -1.06. The van der Waals surface area contributed by atoms with Gasteiger partial charge in [0, 0.05) is 15.1 Å². The molecule has 0 saturated heterocycles. The number of rotatable bonds is 3. The molecule has 20 heavy (non-hydrogen) atoms. The van der Waals surface area contributed by atoms with E-state index in [1.165, 1.54) is 12.1 Å². The molecule has 0 aliphatic rings. The van der Waals surface area contributed by atoms with Crippen LogP contribution in [-0.2, 0) is 6.61 Å². The molecule has 6 heteroatoms. The molecule has 0 bridgehead atoms. The Hall–Kier alpha value is -1.64.